The number of rotatable bonds is 18. The van der Waals surface area contributed by atoms with Gasteiger partial charge in [0.05, 0.1) is 24.4 Å². The van der Waals surface area contributed by atoms with E-state index in [0.29, 0.717) is 0 Å². The highest BCUT2D eigenvalue weighted by Crippen LogP contribution is 2.40. The van der Waals surface area contributed by atoms with Crippen LogP contribution in [0, 0.1) is 0 Å². The maximum Gasteiger partial charge on any atom is 0.384 e. The lowest BCUT2D eigenvalue weighted by molar-refractivity contribution is -0.366. The number of aliphatic hydroxyl groups is 11. The second kappa shape index (κ2) is 21.1. The summed E-state index contributed by atoms with van der Waals surface area (Å²) in [5, 5.41) is 143. The van der Waals surface area contributed by atoms with Gasteiger partial charge in [-0.1, -0.05) is 13.8 Å². The van der Waals surface area contributed by atoms with Crippen molar-refractivity contribution in [3.63, 3.8) is 0 Å². The highest BCUT2D eigenvalue weighted by molar-refractivity contribution is 14.1. The van der Waals surface area contributed by atoms with Crippen molar-refractivity contribution in [1.82, 2.24) is 5.14 Å². The first kappa shape index (κ1) is 50.6. The molecule has 27 heteroatoms. The molecule has 338 valence electrons. The average molecular weight is 969 g/mol. The van der Waals surface area contributed by atoms with Crippen LogP contribution in [0.5, 0.6) is 0 Å². The van der Waals surface area contributed by atoms with Crippen LogP contribution < -0.4 is 5.14 Å². The summed E-state index contributed by atoms with van der Waals surface area (Å²) < 4.78 is 45.6. The van der Waals surface area contributed by atoms with Gasteiger partial charge in [0.2, 0.25) is 0 Å². The fourth-order valence-electron chi connectivity index (χ4n) is 7.49. The van der Waals surface area contributed by atoms with E-state index in [1.54, 1.807) is 13.8 Å². The van der Waals surface area contributed by atoms with Gasteiger partial charge in [0.15, 0.2) is 24.8 Å². The standard InChI is InChI=1S/C32H54B2INO23/c1-5-31(3,25-15(43)13(41)20(9(7-37)52-25)54-29-17(45)11(39)12(40)23(56-29)27(48)49)58-22-18(46)24(28(50)51)57-30(19(22)47)55-21-10(8-38)53-26(16(44)14(21)42)32(4,6-2)59-34-36-33-35/h9-26,29-30,36-47H,5-8H2,1-4H3,(H,48,49)(H,50,51). The molecular weight excluding hydrogens is 915 g/mol. The van der Waals surface area contributed by atoms with Crippen molar-refractivity contribution in [1.29, 1.82) is 0 Å². The zero-order chi connectivity index (χ0) is 44.3. The third-order valence-electron chi connectivity index (χ3n) is 11.4. The van der Waals surface area contributed by atoms with Crippen molar-refractivity contribution in [2.75, 3.05) is 13.2 Å². The highest BCUT2D eigenvalue weighted by atomic mass is 127. The number of halogens is 1. The molecule has 4 rings (SSSR count). The van der Waals surface area contributed by atoms with Crippen molar-refractivity contribution in [2.24, 2.45) is 0 Å². The quantitative estimate of drug-likeness (QED) is 0.0345. The Hall–Kier alpha value is -1.00. The zero-order valence-electron chi connectivity index (χ0n) is 32.3. The van der Waals surface area contributed by atoms with Crippen molar-refractivity contribution < 1.29 is 114 Å². The lowest BCUT2D eigenvalue weighted by Crippen LogP contribution is -2.70. The highest BCUT2D eigenvalue weighted by Gasteiger charge is 2.59. The van der Waals surface area contributed by atoms with Gasteiger partial charge in [0.1, 0.15) is 97.7 Å². The Labute approximate surface area is 352 Å². The summed E-state index contributed by atoms with van der Waals surface area (Å²) in [4.78, 5) is 23.9. The Morgan fingerprint density at radius 2 is 1.05 bits per heavy atom. The third-order valence-corrected chi connectivity index (χ3v) is 11.7. The molecule has 22 atom stereocenters. The second-order valence-electron chi connectivity index (χ2n) is 15.1. The summed E-state index contributed by atoms with van der Waals surface area (Å²) >= 11 is 1.91. The number of aliphatic hydroxyl groups excluding tert-OH is 11. The minimum absolute atomic E-state index is 0.170. The lowest BCUT2D eigenvalue weighted by Gasteiger charge is -2.52. The molecule has 0 aliphatic carbocycles. The van der Waals surface area contributed by atoms with Gasteiger partial charge in [0.25, 0.3) is 5.27 Å². The predicted octanol–water partition coefficient (Wildman–Crippen LogP) is -7.02. The van der Waals surface area contributed by atoms with E-state index in [2.05, 4.69) is 5.14 Å². The normalized spacial score (nSPS) is 45.2. The first-order chi connectivity index (χ1) is 27.7. The van der Waals surface area contributed by atoms with Crippen molar-refractivity contribution in [3.05, 3.63) is 0 Å². The van der Waals surface area contributed by atoms with Gasteiger partial charge >= 0.3 is 19.6 Å². The van der Waals surface area contributed by atoms with E-state index in [1.165, 1.54) is 26.7 Å². The summed E-state index contributed by atoms with van der Waals surface area (Å²) in [5.41, 5.74) is -3.17. The summed E-state index contributed by atoms with van der Waals surface area (Å²) in [5.74, 6) is -3.49. The molecule has 4 fully saturated rings. The molecule has 0 aromatic heterocycles. The van der Waals surface area contributed by atoms with E-state index < -0.39 is 159 Å². The average Bonchev–Trinajstić information content (AvgIpc) is 3.20. The largest absolute Gasteiger partial charge is 0.479 e. The molecule has 0 amide bonds. The molecule has 4 heterocycles. The maximum atomic E-state index is 12.3. The summed E-state index contributed by atoms with van der Waals surface area (Å²) in [6.07, 6.45) is -37.9. The van der Waals surface area contributed by atoms with Gasteiger partial charge < -0.3 is 109 Å². The topological polar surface area (TPSA) is 383 Å². The number of nitrogens with one attached hydrogen (secondary N) is 1. The third kappa shape index (κ3) is 10.5. The van der Waals surface area contributed by atoms with Crippen LogP contribution >= 0.6 is 22.4 Å². The molecule has 4 saturated heterocycles. The van der Waals surface area contributed by atoms with Gasteiger partial charge in [-0.15, -0.1) is 22.4 Å². The Balaban J connectivity index is 1.56. The van der Waals surface area contributed by atoms with Gasteiger partial charge in [-0.3, -0.25) is 0 Å². The Bertz CT molecular complexity index is 1380. The predicted molar refractivity (Wildman–Crippen MR) is 200 cm³/mol. The lowest BCUT2D eigenvalue weighted by atomic mass is 9.83. The van der Waals surface area contributed by atoms with E-state index in [1.807, 2.05) is 22.4 Å². The molecule has 0 saturated carbocycles. The van der Waals surface area contributed by atoms with Crippen LogP contribution in [-0.2, 0) is 47.4 Å². The number of hydrogen-bond donors (Lipinski definition) is 14. The van der Waals surface area contributed by atoms with E-state index in [4.69, 9.17) is 37.8 Å². The Morgan fingerprint density at radius 3 is 1.47 bits per heavy atom. The fraction of sp³-hybridized carbons (Fsp3) is 0.938. The zero-order valence-corrected chi connectivity index (χ0v) is 34.5. The minimum atomic E-state index is -2.17. The van der Waals surface area contributed by atoms with Crippen LogP contribution in [0.3, 0.4) is 0 Å². The molecule has 0 bridgehead atoms. The number of carboxylic acid groups (broad SMARTS) is 2. The molecule has 22 unspecified atom stereocenters. The molecule has 4 aliphatic heterocycles. The number of carboxylic acids is 2. The second-order valence-corrected chi connectivity index (χ2v) is 15.7. The van der Waals surface area contributed by atoms with Crippen LogP contribution in [-0.4, -0.2) is 238 Å². The van der Waals surface area contributed by atoms with Crippen molar-refractivity contribution in [3.8, 4) is 0 Å². The molecular formula is C32H54B2INO23. The molecule has 0 spiro atoms. The molecule has 24 nitrogen and oxygen atoms in total. The number of carbonyl (C=O) groups is 2. The van der Waals surface area contributed by atoms with Gasteiger partial charge in [-0.05, 0) is 26.7 Å². The smallest absolute Gasteiger partial charge is 0.384 e. The first-order valence-corrected chi connectivity index (χ1v) is 20.0. The minimum Gasteiger partial charge on any atom is -0.479 e. The van der Waals surface area contributed by atoms with Crippen LogP contribution in [0.2, 0.25) is 0 Å². The molecule has 4 aliphatic rings. The van der Waals surface area contributed by atoms with Gasteiger partial charge in [-0.2, -0.15) is 0 Å². The van der Waals surface area contributed by atoms with Crippen molar-refractivity contribution in [2.45, 2.75) is 174 Å². The van der Waals surface area contributed by atoms with Gasteiger partial charge in [-0.25, -0.2) is 9.59 Å². The summed E-state index contributed by atoms with van der Waals surface area (Å²) in [6.45, 7) is 4.31. The number of ether oxygens (including phenoxy) is 7. The SMILES string of the molecule is CCC(C)(O[B]N[B]I)C1OC(CO)C(OC2OC(C(=O)O)C(O)C(OC(C)(CC)C3OC(CO)C(OC4OC(C(=O)O)C(O)C(O)C4O)C(O)C3O)C2O)C(O)C1O. The van der Waals surface area contributed by atoms with Crippen LogP contribution in [0.15, 0.2) is 0 Å². The van der Waals surface area contributed by atoms with Gasteiger partial charge in [0, 0.05) is 0 Å². The number of hydrogen-bond acceptors (Lipinski definition) is 22. The Kier molecular flexibility index (Phi) is 18.1. The maximum absolute atomic E-state index is 12.3. The molecule has 0 aromatic carbocycles. The molecule has 0 aromatic rings. The van der Waals surface area contributed by atoms with E-state index in [0.717, 1.165) is 0 Å². The summed E-state index contributed by atoms with van der Waals surface area (Å²) in [7, 11) is 1.23. The van der Waals surface area contributed by atoms with E-state index >= 15 is 0 Å². The van der Waals surface area contributed by atoms with Crippen LogP contribution in [0.4, 0.5) is 0 Å². The molecule has 59 heavy (non-hydrogen) atoms. The monoisotopic (exact) mass is 969 g/mol. The van der Waals surface area contributed by atoms with Crippen LogP contribution in [0.1, 0.15) is 40.5 Å². The molecule has 2 radical (unpaired) electrons. The fourth-order valence-corrected chi connectivity index (χ4v) is 7.64. The van der Waals surface area contributed by atoms with E-state index in [-0.39, 0.29) is 12.8 Å². The number of aliphatic carboxylic acids is 2. The summed E-state index contributed by atoms with van der Waals surface area (Å²) in [6, 6.07) is 0. The Morgan fingerprint density at radius 1 is 0.610 bits per heavy atom. The van der Waals surface area contributed by atoms with E-state index in [9.17, 15) is 76.0 Å². The van der Waals surface area contributed by atoms with Crippen molar-refractivity contribution >= 4 is 47.2 Å². The first-order valence-electron chi connectivity index (χ1n) is 18.7. The van der Waals surface area contributed by atoms with Crippen LogP contribution in [0.25, 0.3) is 0 Å². The molecule has 14 N–H and O–H groups in total.